The van der Waals surface area contributed by atoms with Gasteiger partial charge in [0, 0.05) is 12.1 Å². The molecule has 5 nitrogen and oxygen atoms in total. The number of carbonyl (C=O) groups is 1. The number of amides is 1. The van der Waals surface area contributed by atoms with Crippen LogP contribution in [0.1, 0.15) is 5.56 Å². The summed E-state index contributed by atoms with van der Waals surface area (Å²) in [4.78, 5) is 11.3. The van der Waals surface area contributed by atoms with Gasteiger partial charge in [-0.3, -0.25) is 9.52 Å². The number of rotatable bonds is 5. The molecule has 0 fully saturated rings. The van der Waals surface area contributed by atoms with E-state index in [9.17, 15) is 4.79 Å². The Morgan fingerprint density at radius 3 is 2.35 bits per heavy atom. The molecule has 0 saturated heterocycles. The van der Waals surface area contributed by atoms with Gasteiger partial charge in [-0.1, -0.05) is 12.1 Å². The van der Waals surface area contributed by atoms with Crippen molar-refractivity contribution in [2.45, 2.75) is 6.42 Å². The Bertz CT molecular complexity index is 428. The number of carbonyl (C=O) groups excluding carboxylic acids is 1. The predicted molar refractivity (Wildman–Crippen MR) is 71.6 cm³/mol. The number of anilines is 1. The van der Waals surface area contributed by atoms with Gasteiger partial charge in [0.1, 0.15) is 0 Å². The van der Waals surface area contributed by atoms with Crippen LogP contribution >= 0.6 is 11.9 Å². The molecule has 0 heterocycles. The van der Waals surface area contributed by atoms with Gasteiger partial charge >= 0.3 is 0 Å². The molecule has 1 rings (SSSR count). The fraction of sp³-hybridized carbons (Fsp3) is 0.182. The second kappa shape index (κ2) is 6.17. The number of benzene rings is 1. The van der Waals surface area contributed by atoms with Crippen LogP contribution in [0.2, 0.25) is 0 Å². The standard InChI is InChI=1S/C11H16N4OS/c1-15-17-11(14)9(10(13)16)6-7-2-4-8(12)5-3-7/h2-5,15H,6,12,14H2,1H3,(H2,13,16)/b11-9+. The lowest BCUT2D eigenvalue weighted by Gasteiger charge is -2.08. The summed E-state index contributed by atoms with van der Waals surface area (Å²) in [6, 6.07) is 7.23. The van der Waals surface area contributed by atoms with Crippen molar-refractivity contribution in [3.8, 4) is 0 Å². The highest BCUT2D eigenvalue weighted by Crippen LogP contribution is 2.16. The van der Waals surface area contributed by atoms with Gasteiger partial charge in [0.05, 0.1) is 10.6 Å². The van der Waals surface area contributed by atoms with E-state index in [4.69, 9.17) is 17.2 Å². The molecule has 0 saturated carbocycles. The molecule has 1 aromatic carbocycles. The zero-order valence-electron chi connectivity index (χ0n) is 9.57. The maximum absolute atomic E-state index is 11.3. The molecule has 0 aliphatic carbocycles. The Kier molecular flexibility index (Phi) is 4.86. The molecule has 0 spiro atoms. The summed E-state index contributed by atoms with van der Waals surface area (Å²) in [7, 11) is 1.72. The maximum Gasteiger partial charge on any atom is 0.247 e. The fourth-order valence-corrected chi connectivity index (χ4v) is 1.82. The lowest BCUT2D eigenvalue weighted by atomic mass is 10.1. The molecule has 6 heteroatoms. The minimum Gasteiger partial charge on any atom is -0.399 e. The Hall–Kier alpha value is -1.66. The average Bonchev–Trinajstić information content (AvgIpc) is 2.28. The quantitative estimate of drug-likeness (QED) is 0.343. The van der Waals surface area contributed by atoms with E-state index < -0.39 is 5.91 Å². The normalized spacial score (nSPS) is 12.1. The van der Waals surface area contributed by atoms with Crippen LogP contribution in [0.25, 0.3) is 0 Å². The molecule has 0 radical (unpaired) electrons. The van der Waals surface area contributed by atoms with Crippen LogP contribution in [0, 0.1) is 0 Å². The van der Waals surface area contributed by atoms with E-state index in [2.05, 4.69) is 4.72 Å². The Morgan fingerprint density at radius 1 is 1.29 bits per heavy atom. The highest BCUT2D eigenvalue weighted by Gasteiger charge is 2.11. The van der Waals surface area contributed by atoms with Crippen molar-refractivity contribution < 1.29 is 4.79 Å². The first-order valence-corrected chi connectivity index (χ1v) is 5.82. The van der Waals surface area contributed by atoms with Crippen molar-refractivity contribution in [2.75, 3.05) is 12.8 Å². The molecule has 0 unspecified atom stereocenters. The van der Waals surface area contributed by atoms with E-state index in [0.29, 0.717) is 22.7 Å². The largest absolute Gasteiger partial charge is 0.399 e. The summed E-state index contributed by atoms with van der Waals surface area (Å²) >= 11 is 1.17. The van der Waals surface area contributed by atoms with Crippen LogP contribution in [0.3, 0.4) is 0 Å². The highest BCUT2D eigenvalue weighted by atomic mass is 32.2. The van der Waals surface area contributed by atoms with E-state index in [1.54, 1.807) is 19.2 Å². The van der Waals surface area contributed by atoms with Gasteiger partial charge in [-0.05, 0) is 36.7 Å². The zero-order chi connectivity index (χ0) is 12.8. The highest BCUT2D eigenvalue weighted by molar-refractivity contribution is 8.01. The van der Waals surface area contributed by atoms with Crippen LogP contribution < -0.4 is 21.9 Å². The van der Waals surface area contributed by atoms with Crippen molar-refractivity contribution in [3.63, 3.8) is 0 Å². The molecular weight excluding hydrogens is 236 g/mol. The third-order valence-electron chi connectivity index (χ3n) is 2.17. The summed E-state index contributed by atoms with van der Waals surface area (Å²) in [6.07, 6.45) is 0.399. The predicted octanol–water partition coefficient (Wildman–Crippen LogP) is 0.334. The van der Waals surface area contributed by atoms with Crippen LogP contribution in [0.15, 0.2) is 34.9 Å². The molecule has 0 aliphatic rings. The molecule has 1 amide bonds. The molecule has 7 N–H and O–H groups in total. The first kappa shape index (κ1) is 13.4. The minimum atomic E-state index is -0.512. The molecule has 1 aromatic rings. The van der Waals surface area contributed by atoms with Crippen molar-refractivity contribution in [1.29, 1.82) is 0 Å². The third-order valence-corrected chi connectivity index (χ3v) is 2.84. The Labute approximate surface area is 105 Å². The third kappa shape index (κ3) is 4.01. The minimum absolute atomic E-state index is 0.386. The van der Waals surface area contributed by atoms with Crippen LogP contribution in [-0.4, -0.2) is 13.0 Å². The summed E-state index contributed by atoms with van der Waals surface area (Å²) in [5.41, 5.74) is 18.7. The van der Waals surface area contributed by atoms with Crippen LogP contribution in [0.5, 0.6) is 0 Å². The lowest BCUT2D eigenvalue weighted by Crippen LogP contribution is -2.20. The van der Waals surface area contributed by atoms with E-state index in [1.165, 1.54) is 11.9 Å². The Morgan fingerprint density at radius 2 is 1.88 bits per heavy atom. The second-order valence-electron chi connectivity index (χ2n) is 3.43. The van der Waals surface area contributed by atoms with Gasteiger partial charge in [0.25, 0.3) is 0 Å². The van der Waals surface area contributed by atoms with E-state index in [1.807, 2.05) is 12.1 Å². The Balaban J connectivity index is 2.91. The van der Waals surface area contributed by atoms with Gasteiger partial charge in [-0.15, -0.1) is 0 Å². The molecule has 0 aliphatic heterocycles. The fourth-order valence-electron chi connectivity index (χ4n) is 1.31. The zero-order valence-corrected chi connectivity index (χ0v) is 10.4. The average molecular weight is 252 g/mol. The van der Waals surface area contributed by atoms with Gasteiger partial charge in [-0.25, -0.2) is 0 Å². The van der Waals surface area contributed by atoms with Gasteiger partial charge in [0.2, 0.25) is 5.91 Å². The first-order chi connectivity index (χ1) is 8.04. The van der Waals surface area contributed by atoms with Crippen molar-refractivity contribution in [2.24, 2.45) is 11.5 Å². The molecule has 0 atom stereocenters. The first-order valence-electron chi connectivity index (χ1n) is 5.01. The summed E-state index contributed by atoms with van der Waals surface area (Å²) in [5.74, 6) is -0.512. The lowest BCUT2D eigenvalue weighted by molar-refractivity contribution is -0.114. The molecule has 92 valence electrons. The number of nitrogen functional groups attached to an aromatic ring is 1. The van der Waals surface area contributed by atoms with Crippen LogP contribution in [-0.2, 0) is 11.2 Å². The van der Waals surface area contributed by atoms with Gasteiger partial charge < -0.3 is 17.2 Å². The topological polar surface area (TPSA) is 107 Å². The monoisotopic (exact) mass is 252 g/mol. The molecule has 0 aromatic heterocycles. The number of nitrogens with one attached hydrogen (secondary N) is 1. The number of hydrogen-bond donors (Lipinski definition) is 4. The summed E-state index contributed by atoms with van der Waals surface area (Å²) < 4.78 is 2.80. The number of nitrogens with two attached hydrogens (primary N) is 3. The van der Waals surface area contributed by atoms with Crippen molar-refractivity contribution >= 4 is 23.5 Å². The van der Waals surface area contributed by atoms with Gasteiger partial charge in [0.15, 0.2) is 0 Å². The molecule has 17 heavy (non-hydrogen) atoms. The maximum atomic E-state index is 11.3. The summed E-state index contributed by atoms with van der Waals surface area (Å²) in [6.45, 7) is 0. The number of hydrogen-bond acceptors (Lipinski definition) is 5. The SMILES string of the molecule is CNS/C(N)=C(\Cc1ccc(N)cc1)C(N)=O. The van der Waals surface area contributed by atoms with E-state index >= 15 is 0 Å². The van der Waals surface area contributed by atoms with Gasteiger partial charge in [-0.2, -0.15) is 0 Å². The van der Waals surface area contributed by atoms with E-state index in [-0.39, 0.29) is 0 Å². The van der Waals surface area contributed by atoms with Crippen molar-refractivity contribution in [1.82, 2.24) is 4.72 Å². The smallest absolute Gasteiger partial charge is 0.247 e. The van der Waals surface area contributed by atoms with E-state index in [0.717, 1.165) is 5.56 Å². The van der Waals surface area contributed by atoms with Crippen LogP contribution in [0.4, 0.5) is 5.69 Å². The second-order valence-corrected chi connectivity index (χ2v) is 4.48. The van der Waals surface area contributed by atoms with Crippen molar-refractivity contribution in [3.05, 3.63) is 40.4 Å². The molecular formula is C11H16N4OS. The number of primary amides is 1. The summed E-state index contributed by atoms with van der Waals surface area (Å²) in [5, 5.41) is 0.386. The molecule has 0 bridgehead atoms.